The zero-order chi connectivity index (χ0) is 19.6. The number of piperidine rings is 1. The topological polar surface area (TPSA) is 64.6 Å². The highest BCUT2D eigenvalue weighted by Gasteiger charge is 2.40. The first kappa shape index (κ1) is 19.2. The molecule has 3 aliphatic rings. The van der Waals surface area contributed by atoms with E-state index in [0.717, 1.165) is 13.1 Å². The molecule has 150 valence electrons. The van der Waals surface area contributed by atoms with Gasteiger partial charge in [-0.15, -0.1) is 0 Å². The molecule has 1 aromatic rings. The Balaban J connectivity index is 1.57. The molecule has 5 heteroatoms. The molecule has 1 aliphatic carbocycles. The van der Waals surface area contributed by atoms with E-state index in [1.807, 2.05) is 19.2 Å². The van der Waals surface area contributed by atoms with E-state index in [-0.39, 0.29) is 12.6 Å². The Labute approximate surface area is 167 Å². The van der Waals surface area contributed by atoms with Crippen LogP contribution in [0, 0.1) is 5.41 Å². The quantitative estimate of drug-likeness (QED) is 0.701. The van der Waals surface area contributed by atoms with Crippen molar-refractivity contribution in [2.45, 2.75) is 44.6 Å². The molecule has 2 atom stereocenters. The molecule has 0 aromatic heterocycles. The molecular formula is C23H31N3O2. The Kier molecular flexibility index (Phi) is 5.56. The predicted molar refractivity (Wildman–Crippen MR) is 111 cm³/mol. The minimum atomic E-state index is -0.400. The fraction of sp³-hybridized carbons (Fsp3) is 0.522. The molecular weight excluding hydrogens is 350 g/mol. The zero-order valence-electron chi connectivity index (χ0n) is 16.7. The van der Waals surface area contributed by atoms with Gasteiger partial charge in [-0.2, -0.15) is 0 Å². The van der Waals surface area contributed by atoms with Crippen molar-refractivity contribution in [3.05, 3.63) is 59.3 Å². The maximum atomic E-state index is 12.5. The summed E-state index contributed by atoms with van der Waals surface area (Å²) in [5.41, 5.74) is 4.54. The molecule has 4 rings (SSSR count). The number of likely N-dealkylation sites (N-methyl/N-ethyl adjacent to an activating group) is 1. The van der Waals surface area contributed by atoms with Crippen LogP contribution < -0.4 is 10.6 Å². The number of allylic oxidation sites excluding steroid dienone is 2. The van der Waals surface area contributed by atoms with Crippen LogP contribution in [0.15, 0.2) is 48.2 Å². The van der Waals surface area contributed by atoms with Crippen LogP contribution >= 0.6 is 0 Å². The average Bonchev–Trinajstić information content (AvgIpc) is 2.74. The molecule has 2 unspecified atom stereocenters. The van der Waals surface area contributed by atoms with Crippen molar-refractivity contribution in [2.24, 2.45) is 5.41 Å². The smallest absolute Gasteiger partial charge is 0.250 e. The highest BCUT2D eigenvalue weighted by Crippen LogP contribution is 2.50. The number of hydrogen-bond donors (Lipinski definition) is 3. The van der Waals surface area contributed by atoms with Gasteiger partial charge in [0.2, 0.25) is 0 Å². The molecule has 1 fully saturated rings. The Hall–Kier alpha value is -2.11. The number of amides is 1. The van der Waals surface area contributed by atoms with E-state index in [1.54, 1.807) is 0 Å². The van der Waals surface area contributed by atoms with E-state index in [2.05, 4.69) is 41.0 Å². The number of aliphatic hydroxyl groups excluding tert-OH is 1. The van der Waals surface area contributed by atoms with Crippen LogP contribution in [0.4, 0.5) is 0 Å². The van der Waals surface area contributed by atoms with Crippen LogP contribution in [-0.2, 0) is 11.2 Å². The van der Waals surface area contributed by atoms with Crippen molar-refractivity contribution in [2.75, 3.05) is 26.4 Å². The minimum absolute atomic E-state index is 0.0876. The molecule has 1 saturated heterocycles. The number of aliphatic hydroxyl groups is 1. The van der Waals surface area contributed by atoms with Gasteiger partial charge in [-0.3, -0.25) is 4.79 Å². The number of carbonyl (C=O) groups excluding carboxylic acids is 1. The average molecular weight is 382 g/mol. The van der Waals surface area contributed by atoms with Crippen LogP contribution in [0.2, 0.25) is 0 Å². The number of fused-ring (bicyclic) bond motifs is 1. The zero-order valence-corrected chi connectivity index (χ0v) is 16.7. The van der Waals surface area contributed by atoms with Crippen LogP contribution in [0.3, 0.4) is 0 Å². The molecule has 3 N–H and O–H groups in total. The molecule has 1 spiro atoms. The molecule has 2 aliphatic heterocycles. The second-order valence-electron chi connectivity index (χ2n) is 8.37. The number of nitrogens with one attached hydrogen (secondary N) is 2. The molecule has 28 heavy (non-hydrogen) atoms. The number of benzene rings is 1. The van der Waals surface area contributed by atoms with Gasteiger partial charge in [0, 0.05) is 18.7 Å². The largest absolute Gasteiger partial charge is 0.376 e. The summed E-state index contributed by atoms with van der Waals surface area (Å²) in [7, 11) is 0. The standard InChI is InChI=1S/C23H31N3O2/c1-2-26(16-27)22(28)21-8-7-18(15-25-21)20-14-23(9-11-24-12-10-23)13-17-5-3-4-6-19(17)20/h3-8,15,20-21,24-25,27H,2,9-14,16H2,1H3. The Morgan fingerprint density at radius 1 is 1.29 bits per heavy atom. The number of nitrogens with zero attached hydrogens (tertiary/aromatic N) is 1. The van der Waals surface area contributed by atoms with Gasteiger partial charge in [0.15, 0.2) is 0 Å². The van der Waals surface area contributed by atoms with Crippen molar-refractivity contribution in [3.8, 4) is 0 Å². The highest BCUT2D eigenvalue weighted by molar-refractivity contribution is 5.84. The second-order valence-corrected chi connectivity index (χ2v) is 8.37. The van der Waals surface area contributed by atoms with E-state index < -0.39 is 6.04 Å². The predicted octanol–water partition coefficient (Wildman–Crippen LogP) is 2.30. The lowest BCUT2D eigenvalue weighted by Gasteiger charge is -2.45. The normalized spacial score (nSPS) is 25.6. The molecule has 1 aromatic carbocycles. The lowest BCUT2D eigenvalue weighted by Crippen LogP contribution is -2.45. The third-order valence-electron chi connectivity index (χ3n) is 6.74. The van der Waals surface area contributed by atoms with Gasteiger partial charge in [-0.05, 0) is 67.8 Å². The van der Waals surface area contributed by atoms with Gasteiger partial charge in [0.05, 0.1) is 0 Å². The van der Waals surface area contributed by atoms with Crippen LogP contribution in [0.5, 0.6) is 0 Å². The summed E-state index contributed by atoms with van der Waals surface area (Å²) in [6.07, 6.45) is 10.9. The minimum Gasteiger partial charge on any atom is -0.376 e. The van der Waals surface area contributed by atoms with Crippen LogP contribution in [0.25, 0.3) is 0 Å². The number of carbonyl (C=O) groups is 1. The maximum Gasteiger partial charge on any atom is 0.250 e. The Morgan fingerprint density at radius 3 is 2.75 bits per heavy atom. The SMILES string of the molecule is CCN(CO)C(=O)C1C=CC(C2CC3(CCNCC3)Cc3ccccc32)=CN1. The third kappa shape index (κ3) is 3.61. The van der Waals surface area contributed by atoms with Crippen molar-refractivity contribution in [1.82, 2.24) is 15.5 Å². The fourth-order valence-corrected chi connectivity index (χ4v) is 5.08. The summed E-state index contributed by atoms with van der Waals surface area (Å²) >= 11 is 0. The summed E-state index contributed by atoms with van der Waals surface area (Å²) in [6.45, 7) is 4.34. The van der Waals surface area contributed by atoms with Crippen molar-refractivity contribution >= 4 is 5.91 Å². The Bertz CT molecular complexity index is 776. The lowest BCUT2D eigenvalue weighted by molar-refractivity contribution is -0.135. The first-order chi connectivity index (χ1) is 13.7. The maximum absolute atomic E-state index is 12.5. The van der Waals surface area contributed by atoms with E-state index in [1.165, 1.54) is 47.3 Å². The van der Waals surface area contributed by atoms with Crippen molar-refractivity contribution in [1.29, 1.82) is 0 Å². The molecule has 1 amide bonds. The van der Waals surface area contributed by atoms with Crippen LogP contribution in [0.1, 0.15) is 43.2 Å². The molecule has 2 heterocycles. The Morgan fingerprint density at radius 2 is 2.07 bits per heavy atom. The van der Waals surface area contributed by atoms with Crippen LogP contribution in [-0.4, -0.2) is 48.3 Å². The summed E-state index contributed by atoms with van der Waals surface area (Å²) < 4.78 is 0. The van der Waals surface area contributed by atoms with Gasteiger partial charge in [-0.25, -0.2) is 0 Å². The van der Waals surface area contributed by atoms with Gasteiger partial charge in [-0.1, -0.05) is 36.4 Å². The summed E-state index contributed by atoms with van der Waals surface area (Å²) in [4.78, 5) is 13.9. The molecule has 0 radical (unpaired) electrons. The van der Waals surface area contributed by atoms with E-state index in [4.69, 9.17) is 0 Å². The molecule has 0 bridgehead atoms. The van der Waals surface area contributed by atoms with Gasteiger partial charge < -0.3 is 20.6 Å². The van der Waals surface area contributed by atoms with E-state index >= 15 is 0 Å². The fourth-order valence-electron chi connectivity index (χ4n) is 5.08. The molecule has 5 nitrogen and oxygen atoms in total. The summed E-state index contributed by atoms with van der Waals surface area (Å²) in [5, 5.41) is 16.2. The molecule has 0 saturated carbocycles. The number of hydrogen-bond acceptors (Lipinski definition) is 4. The summed E-state index contributed by atoms with van der Waals surface area (Å²) in [5.74, 6) is 0.276. The van der Waals surface area contributed by atoms with E-state index in [0.29, 0.717) is 17.9 Å². The number of rotatable bonds is 4. The monoisotopic (exact) mass is 381 g/mol. The first-order valence-corrected chi connectivity index (χ1v) is 10.5. The van der Waals surface area contributed by atoms with Gasteiger partial charge in [0.1, 0.15) is 12.8 Å². The van der Waals surface area contributed by atoms with Gasteiger partial charge >= 0.3 is 0 Å². The van der Waals surface area contributed by atoms with Gasteiger partial charge in [0.25, 0.3) is 5.91 Å². The van der Waals surface area contributed by atoms with Crippen molar-refractivity contribution < 1.29 is 9.90 Å². The second kappa shape index (κ2) is 8.10. The highest BCUT2D eigenvalue weighted by atomic mass is 16.3. The first-order valence-electron chi connectivity index (χ1n) is 10.5. The summed E-state index contributed by atoms with van der Waals surface area (Å²) in [6, 6.07) is 8.45. The van der Waals surface area contributed by atoms with Crippen molar-refractivity contribution in [3.63, 3.8) is 0 Å². The lowest BCUT2D eigenvalue weighted by atomic mass is 9.61. The third-order valence-corrected chi connectivity index (χ3v) is 6.74. The number of dihydropyridines is 1. The van der Waals surface area contributed by atoms with E-state index in [9.17, 15) is 9.90 Å².